The van der Waals surface area contributed by atoms with Crippen LogP contribution in [0, 0.1) is 0 Å². The normalized spacial score (nSPS) is 9.29. The summed E-state index contributed by atoms with van der Waals surface area (Å²) in [5, 5.41) is 0. The van der Waals surface area contributed by atoms with Crippen LogP contribution in [0.15, 0.2) is 12.1 Å². The summed E-state index contributed by atoms with van der Waals surface area (Å²) >= 11 is 0. The number of aromatic nitrogens is 1. The second kappa shape index (κ2) is 4.36. The van der Waals surface area contributed by atoms with Crippen LogP contribution in [-0.2, 0) is 4.74 Å². The van der Waals surface area contributed by atoms with Gasteiger partial charge in [0.05, 0.1) is 14.2 Å². The standard InChI is InChI=1S/C9H9NO4/c1-13-7-4-3-6(5-11)10-8(7)9(12)14-2/h3-5H,1-2H3. The predicted octanol–water partition coefficient (Wildman–Crippen LogP) is 0.689. The van der Waals surface area contributed by atoms with Gasteiger partial charge in [0.1, 0.15) is 5.69 Å². The molecule has 14 heavy (non-hydrogen) atoms. The summed E-state index contributed by atoms with van der Waals surface area (Å²) in [6.07, 6.45) is 0.547. The molecule has 0 saturated heterocycles. The molecule has 0 aliphatic carbocycles. The molecule has 1 aromatic rings. The van der Waals surface area contributed by atoms with E-state index >= 15 is 0 Å². The molecule has 74 valence electrons. The number of carbonyl (C=O) groups excluding carboxylic acids is 2. The number of methoxy groups -OCH3 is 2. The van der Waals surface area contributed by atoms with Crippen LogP contribution in [-0.4, -0.2) is 31.5 Å². The van der Waals surface area contributed by atoms with E-state index in [0.717, 1.165) is 0 Å². The van der Waals surface area contributed by atoms with Gasteiger partial charge in [-0.1, -0.05) is 0 Å². The number of ether oxygens (including phenoxy) is 2. The average molecular weight is 195 g/mol. The van der Waals surface area contributed by atoms with E-state index in [4.69, 9.17) is 4.74 Å². The number of carbonyl (C=O) groups is 2. The van der Waals surface area contributed by atoms with Crippen LogP contribution in [0.5, 0.6) is 5.75 Å². The van der Waals surface area contributed by atoms with Crippen LogP contribution < -0.4 is 4.74 Å². The van der Waals surface area contributed by atoms with Gasteiger partial charge in [0, 0.05) is 0 Å². The van der Waals surface area contributed by atoms with Crippen molar-refractivity contribution in [1.29, 1.82) is 0 Å². The second-order valence-electron chi connectivity index (χ2n) is 2.40. The lowest BCUT2D eigenvalue weighted by Gasteiger charge is -2.05. The molecule has 0 bridgehead atoms. The fourth-order valence-electron chi connectivity index (χ4n) is 0.935. The zero-order valence-corrected chi connectivity index (χ0v) is 7.81. The maximum Gasteiger partial charge on any atom is 0.360 e. The average Bonchev–Trinajstić information content (AvgIpc) is 2.27. The Balaban J connectivity index is 3.21. The molecule has 0 N–H and O–H groups in total. The highest BCUT2D eigenvalue weighted by atomic mass is 16.5. The Kier molecular flexibility index (Phi) is 3.17. The molecule has 5 nitrogen and oxygen atoms in total. The summed E-state index contributed by atoms with van der Waals surface area (Å²) in [5.41, 5.74) is 0.158. The Morgan fingerprint density at radius 2 is 2.14 bits per heavy atom. The van der Waals surface area contributed by atoms with Crippen molar-refractivity contribution in [3.63, 3.8) is 0 Å². The highest BCUT2D eigenvalue weighted by molar-refractivity contribution is 5.91. The Morgan fingerprint density at radius 3 is 2.64 bits per heavy atom. The Bertz CT molecular complexity index is 362. The van der Waals surface area contributed by atoms with E-state index in [1.165, 1.54) is 26.4 Å². The number of pyridine rings is 1. The molecular formula is C9H9NO4. The Morgan fingerprint density at radius 1 is 1.43 bits per heavy atom. The van der Waals surface area contributed by atoms with Gasteiger partial charge >= 0.3 is 5.97 Å². The van der Waals surface area contributed by atoms with E-state index in [0.29, 0.717) is 6.29 Å². The molecule has 1 heterocycles. The summed E-state index contributed by atoms with van der Waals surface area (Å²) in [7, 11) is 2.64. The Hall–Kier alpha value is -1.91. The molecule has 0 unspecified atom stereocenters. The van der Waals surface area contributed by atoms with Gasteiger partial charge < -0.3 is 9.47 Å². The molecule has 0 spiro atoms. The van der Waals surface area contributed by atoms with Gasteiger partial charge in [-0.3, -0.25) is 4.79 Å². The van der Waals surface area contributed by atoms with Crippen molar-refractivity contribution in [3.05, 3.63) is 23.5 Å². The van der Waals surface area contributed by atoms with Crippen molar-refractivity contribution in [3.8, 4) is 5.75 Å². The SMILES string of the molecule is COC(=O)c1nc(C=O)ccc1OC. The fraction of sp³-hybridized carbons (Fsp3) is 0.222. The number of hydrogen-bond donors (Lipinski definition) is 0. The maximum absolute atomic E-state index is 11.2. The molecule has 0 aliphatic rings. The van der Waals surface area contributed by atoms with Gasteiger partial charge in [0.2, 0.25) is 0 Å². The third kappa shape index (κ3) is 1.87. The van der Waals surface area contributed by atoms with Crippen molar-refractivity contribution >= 4 is 12.3 Å². The number of nitrogens with zero attached hydrogens (tertiary/aromatic N) is 1. The summed E-state index contributed by atoms with van der Waals surface area (Å²) in [6.45, 7) is 0. The largest absolute Gasteiger partial charge is 0.494 e. The lowest BCUT2D eigenvalue weighted by atomic mass is 10.3. The highest BCUT2D eigenvalue weighted by Crippen LogP contribution is 2.16. The van der Waals surface area contributed by atoms with E-state index in [2.05, 4.69) is 9.72 Å². The summed E-state index contributed by atoms with van der Waals surface area (Å²) < 4.78 is 9.37. The van der Waals surface area contributed by atoms with Crippen LogP contribution in [0.2, 0.25) is 0 Å². The predicted molar refractivity (Wildman–Crippen MR) is 47.5 cm³/mol. The monoisotopic (exact) mass is 195 g/mol. The van der Waals surface area contributed by atoms with Gasteiger partial charge in [-0.05, 0) is 12.1 Å². The first-order valence-corrected chi connectivity index (χ1v) is 3.81. The van der Waals surface area contributed by atoms with Crippen molar-refractivity contribution < 1.29 is 19.1 Å². The third-order valence-electron chi connectivity index (χ3n) is 1.60. The van der Waals surface area contributed by atoms with Crippen molar-refractivity contribution in [2.24, 2.45) is 0 Å². The zero-order valence-electron chi connectivity index (χ0n) is 7.81. The molecule has 0 amide bonds. The molecular weight excluding hydrogens is 186 g/mol. The first-order valence-electron chi connectivity index (χ1n) is 3.81. The van der Waals surface area contributed by atoms with Gasteiger partial charge in [-0.25, -0.2) is 9.78 Å². The fourth-order valence-corrected chi connectivity index (χ4v) is 0.935. The Labute approximate surface area is 80.7 Å². The quantitative estimate of drug-likeness (QED) is 0.524. The van der Waals surface area contributed by atoms with E-state index in [9.17, 15) is 9.59 Å². The highest BCUT2D eigenvalue weighted by Gasteiger charge is 2.14. The van der Waals surface area contributed by atoms with Crippen LogP contribution in [0.25, 0.3) is 0 Å². The van der Waals surface area contributed by atoms with E-state index < -0.39 is 5.97 Å². The smallest absolute Gasteiger partial charge is 0.360 e. The van der Waals surface area contributed by atoms with Gasteiger partial charge in [-0.2, -0.15) is 0 Å². The molecule has 0 aromatic carbocycles. The number of esters is 1. The molecule has 5 heteroatoms. The topological polar surface area (TPSA) is 65.5 Å². The number of rotatable bonds is 3. The molecule has 0 atom stereocenters. The second-order valence-corrected chi connectivity index (χ2v) is 2.40. The minimum Gasteiger partial charge on any atom is -0.494 e. The van der Waals surface area contributed by atoms with Gasteiger partial charge in [-0.15, -0.1) is 0 Å². The van der Waals surface area contributed by atoms with Crippen LogP contribution >= 0.6 is 0 Å². The molecule has 0 aliphatic heterocycles. The molecule has 0 radical (unpaired) electrons. The van der Waals surface area contributed by atoms with Crippen LogP contribution in [0.4, 0.5) is 0 Å². The molecule has 1 aromatic heterocycles. The minimum atomic E-state index is -0.634. The lowest BCUT2D eigenvalue weighted by Crippen LogP contribution is -2.08. The molecule has 0 fully saturated rings. The third-order valence-corrected chi connectivity index (χ3v) is 1.60. The number of aldehydes is 1. The van der Waals surface area contributed by atoms with Crippen molar-refractivity contribution in [2.45, 2.75) is 0 Å². The number of hydrogen-bond acceptors (Lipinski definition) is 5. The van der Waals surface area contributed by atoms with Crippen molar-refractivity contribution in [2.75, 3.05) is 14.2 Å². The molecule has 0 saturated carbocycles. The minimum absolute atomic E-state index is 0.000370. The summed E-state index contributed by atoms with van der Waals surface area (Å²) in [4.78, 5) is 25.4. The first kappa shape index (κ1) is 10.2. The zero-order chi connectivity index (χ0) is 10.6. The van der Waals surface area contributed by atoms with Gasteiger partial charge in [0.15, 0.2) is 17.7 Å². The van der Waals surface area contributed by atoms with Crippen LogP contribution in [0.3, 0.4) is 0 Å². The molecule has 1 rings (SSSR count). The van der Waals surface area contributed by atoms with E-state index in [-0.39, 0.29) is 17.1 Å². The van der Waals surface area contributed by atoms with Gasteiger partial charge in [0.25, 0.3) is 0 Å². The summed E-state index contributed by atoms with van der Waals surface area (Å²) in [6, 6.07) is 2.95. The maximum atomic E-state index is 11.2. The van der Waals surface area contributed by atoms with E-state index in [1.807, 2.05) is 0 Å². The first-order chi connectivity index (χ1) is 6.72. The van der Waals surface area contributed by atoms with E-state index in [1.54, 1.807) is 0 Å². The van der Waals surface area contributed by atoms with Crippen LogP contribution in [0.1, 0.15) is 21.0 Å². The summed E-state index contributed by atoms with van der Waals surface area (Å²) in [5.74, 6) is -0.354. The lowest BCUT2D eigenvalue weighted by molar-refractivity contribution is 0.0590. The van der Waals surface area contributed by atoms with Crippen molar-refractivity contribution in [1.82, 2.24) is 4.98 Å².